The Labute approximate surface area is 190 Å². The molecule has 1 aliphatic rings. The van der Waals surface area contributed by atoms with Crippen molar-refractivity contribution >= 4 is 20.9 Å². The van der Waals surface area contributed by atoms with Crippen molar-refractivity contribution in [2.75, 3.05) is 13.3 Å². The van der Waals surface area contributed by atoms with Crippen molar-refractivity contribution in [3.8, 4) is 17.5 Å². The number of aromatic nitrogens is 2. The Bertz CT molecular complexity index is 1320. The summed E-state index contributed by atoms with van der Waals surface area (Å²) in [6.45, 7) is -0.718. The largest absolute Gasteiger partial charge is 0.335 e. The Balaban J connectivity index is 1.86. The van der Waals surface area contributed by atoms with Gasteiger partial charge in [0.15, 0.2) is 0 Å². The van der Waals surface area contributed by atoms with Crippen molar-refractivity contribution in [2.24, 2.45) is 0 Å². The molecule has 4 rings (SSSR count). The second-order valence-corrected chi connectivity index (χ2v) is 9.98. The van der Waals surface area contributed by atoms with Gasteiger partial charge < -0.3 is 4.57 Å². The monoisotopic (exact) mass is 476 g/mol. The van der Waals surface area contributed by atoms with E-state index in [1.165, 1.54) is 18.2 Å². The molecule has 33 heavy (non-hydrogen) atoms. The quantitative estimate of drug-likeness (QED) is 0.534. The van der Waals surface area contributed by atoms with Crippen LogP contribution in [0, 0.1) is 24.1 Å². The number of hydrogen-bond acceptors (Lipinski definition) is 4. The highest BCUT2D eigenvalue weighted by Gasteiger charge is 2.28. The predicted molar refractivity (Wildman–Crippen MR) is 118 cm³/mol. The van der Waals surface area contributed by atoms with Crippen molar-refractivity contribution in [3.05, 3.63) is 47.4 Å². The molecule has 1 aliphatic carbocycles. The van der Waals surface area contributed by atoms with E-state index in [4.69, 9.17) is 0 Å². The van der Waals surface area contributed by atoms with Crippen LogP contribution in [0.25, 0.3) is 22.3 Å². The highest BCUT2D eigenvalue weighted by molar-refractivity contribution is 7.89. The molecule has 174 valence electrons. The van der Waals surface area contributed by atoms with Crippen LogP contribution in [0.5, 0.6) is 0 Å². The van der Waals surface area contributed by atoms with Crippen molar-refractivity contribution < 1.29 is 21.6 Å². The van der Waals surface area contributed by atoms with E-state index in [9.17, 15) is 26.9 Å². The number of rotatable bonds is 7. The van der Waals surface area contributed by atoms with E-state index in [0.717, 1.165) is 31.9 Å². The van der Waals surface area contributed by atoms with Crippen LogP contribution in [0.1, 0.15) is 42.9 Å². The average molecular weight is 477 g/mol. The van der Waals surface area contributed by atoms with E-state index in [1.807, 2.05) is 9.29 Å². The minimum Gasteiger partial charge on any atom is -0.335 e. The Kier molecular flexibility index (Phi) is 6.45. The Hall–Kier alpha value is -2.90. The van der Waals surface area contributed by atoms with Gasteiger partial charge in [-0.2, -0.15) is 5.26 Å². The molecular formula is C23H23F3N4O2S. The maximum Gasteiger partial charge on any atom is 0.242 e. The lowest BCUT2D eigenvalue weighted by Crippen LogP contribution is -2.37. The number of fused-ring (bicyclic) bond motifs is 1. The van der Waals surface area contributed by atoms with E-state index in [0.29, 0.717) is 33.4 Å². The average Bonchev–Trinajstić information content (AvgIpc) is 3.44. The van der Waals surface area contributed by atoms with Gasteiger partial charge in [-0.1, -0.05) is 12.8 Å². The standard InChI is InChI=1S/C23H23F3N4O2S/c1-14-8-18-19(12-27)23(30(16-4-2-3-5-16)22(18)9-20(14)26)21-7-6-17(13-28-21)33(31,32)29-15(10-24)11-25/h6-9,13,15-16,29H,2-5,10-11H2,1H3. The first-order valence-corrected chi connectivity index (χ1v) is 12.1. The molecule has 1 saturated carbocycles. The molecular weight excluding hydrogens is 453 g/mol. The summed E-state index contributed by atoms with van der Waals surface area (Å²) in [7, 11) is -4.17. The summed E-state index contributed by atoms with van der Waals surface area (Å²) in [5.41, 5.74) is 2.23. The Morgan fingerprint density at radius 3 is 2.52 bits per heavy atom. The predicted octanol–water partition coefficient (Wildman–Crippen LogP) is 4.72. The molecule has 6 nitrogen and oxygen atoms in total. The van der Waals surface area contributed by atoms with Gasteiger partial charge in [-0.3, -0.25) is 4.98 Å². The number of alkyl halides is 2. The number of halogens is 3. The minimum absolute atomic E-state index is 0.0634. The van der Waals surface area contributed by atoms with Crippen LogP contribution in [0.4, 0.5) is 13.2 Å². The third-order valence-electron chi connectivity index (χ3n) is 6.07. The summed E-state index contributed by atoms with van der Waals surface area (Å²) < 4.78 is 68.8. The fraction of sp³-hybridized carbons (Fsp3) is 0.391. The lowest BCUT2D eigenvalue weighted by atomic mass is 10.1. The number of nitrogens with one attached hydrogen (secondary N) is 1. The third-order valence-corrected chi connectivity index (χ3v) is 7.57. The summed E-state index contributed by atoms with van der Waals surface area (Å²) in [6.07, 6.45) is 4.87. The summed E-state index contributed by atoms with van der Waals surface area (Å²) in [4.78, 5) is 4.03. The van der Waals surface area contributed by atoms with Crippen molar-refractivity contribution in [3.63, 3.8) is 0 Å². The molecule has 1 N–H and O–H groups in total. The summed E-state index contributed by atoms with van der Waals surface area (Å²) in [5.74, 6) is -0.369. The fourth-order valence-corrected chi connectivity index (χ4v) is 5.56. The SMILES string of the molecule is Cc1cc2c(C#N)c(-c3ccc(S(=O)(=O)NC(CF)CF)cn3)n(C3CCCC3)c2cc1F. The number of aryl methyl sites for hydroxylation is 1. The molecule has 0 radical (unpaired) electrons. The van der Waals surface area contributed by atoms with Gasteiger partial charge >= 0.3 is 0 Å². The Morgan fingerprint density at radius 1 is 1.24 bits per heavy atom. The van der Waals surface area contributed by atoms with Crippen LogP contribution in [0.15, 0.2) is 35.4 Å². The zero-order valence-electron chi connectivity index (χ0n) is 18.0. The van der Waals surface area contributed by atoms with Crippen molar-refractivity contribution in [1.29, 1.82) is 5.26 Å². The van der Waals surface area contributed by atoms with Crippen LogP contribution in [-0.2, 0) is 10.0 Å². The number of pyridine rings is 1. The zero-order chi connectivity index (χ0) is 23.8. The van der Waals surface area contributed by atoms with Gasteiger partial charge in [0.25, 0.3) is 0 Å². The van der Waals surface area contributed by atoms with E-state index >= 15 is 0 Å². The number of hydrogen-bond donors (Lipinski definition) is 1. The van der Waals surface area contributed by atoms with Crippen molar-refractivity contribution in [1.82, 2.24) is 14.3 Å². The molecule has 0 atom stereocenters. The van der Waals surface area contributed by atoms with Gasteiger partial charge in [-0.15, -0.1) is 0 Å². The highest BCUT2D eigenvalue weighted by atomic mass is 32.2. The second-order valence-electron chi connectivity index (χ2n) is 8.27. The van der Waals surface area contributed by atoms with Gasteiger partial charge in [0.2, 0.25) is 10.0 Å². The first kappa shape index (κ1) is 23.3. The van der Waals surface area contributed by atoms with Gasteiger partial charge in [0, 0.05) is 17.6 Å². The molecule has 10 heteroatoms. The molecule has 0 bridgehead atoms. The molecule has 3 aromatic rings. The minimum atomic E-state index is -4.17. The van der Waals surface area contributed by atoms with E-state index in [-0.39, 0.29) is 16.8 Å². The normalized spacial score (nSPS) is 14.9. The van der Waals surface area contributed by atoms with Gasteiger partial charge in [0.05, 0.1) is 28.5 Å². The molecule has 0 saturated heterocycles. The lowest BCUT2D eigenvalue weighted by Gasteiger charge is -2.18. The summed E-state index contributed by atoms with van der Waals surface area (Å²) in [5, 5.41) is 10.6. The van der Waals surface area contributed by atoms with Crippen LogP contribution in [0.3, 0.4) is 0 Å². The summed E-state index contributed by atoms with van der Waals surface area (Å²) >= 11 is 0. The van der Waals surface area contributed by atoms with E-state index in [1.54, 1.807) is 13.0 Å². The van der Waals surface area contributed by atoms with E-state index in [2.05, 4.69) is 11.1 Å². The summed E-state index contributed by atoms with van der Waals surface area (Å²) in [6, 6.07) is 6.63. The topological polar surface area (TPSA) is 87.8 Å². The number of nitriles is 1. The lowest BCUT2D eigenvalue weighted by molar-refractivity contribution is 0.334. The van der Waals surface area contributed by atoms with Crippen LogP contribution in [-0.4, -0.2) is 37.4 Å². The molecule has 0 unspecified atom stereocenters. The van der Waals surface area contributed by atoms with Crippen LogP contribution >= 0.6 is 0 Å². The van der Waals surface area contributed by atoms with Crippen molar-refractivity contribution in [2.45, 2.75) is 49.6 Å². The zero-order valence-corrected chi connectivity index (χ0v) is 18.8. The maximum atomic E-state index is 14.5. The fourth-order valence-electron chi connectivity index (χ4n) is 4.42. The number of sulfonamides is 1. The number of benzene rings is 1. The van der Waals surface area contributed by atoms with Gasteiger partial charge in [0.1, 0.15) is 30.1 Å². The molecule has 0 amide bonds. The molecule has 2 heterocycles. The molecule has 0 spiro atoms. The maximum absolute atomic E-state index is 14.5. The first-order valence-electron chi connectivity index (χ1n) is 10.7. The van der Waals surface area contributed by atoms with E-state index < -0.39 is 29.4 Å². The molecule has 2 aromatic heterocycles. The van der Waals surface area contributed by atoms with Gasteiger partial charge in [-0.05, 0) is 49.6 Å². The molecule has 1 fully saturated rings. The molecule has 1 aromatic carbocycles. The van der Waals surface area contributed by atoms with Gasteiger partial charge in [-0.25, -0.2) is 26.3 Å². The first-order chi connectivity index (χ1) is 15.8. The van der Waals surface area contributed by atoms with Crippen LogP contribution < -0.4 is 4.72 Å². The van der Waals surface area contributed by atoms with Crippen LogP contribution in [0.2, 0.25) is 0 Å². The second kappa shape index (κ2) is 9.15. The third kappa shape index (κ3) is 4.23. The molecule has 0 aliphatic heterocycles. The highest BCUT2D eigenvalue weighted by Crippen LogP contribution is 2.41. The smallest absolute Gasteiger partial charge is 0.242 e. The number of nitrogens with zero attached hydrogens (tertiary/aromatic N) is 3. The Morgan fingerprint density at radius 2 is 1.94 bits per heavy atom.